The Balaban J connectivity index is 3.08. The highest BCUT2D eigenvalue weighted by Gasteiger charge is 1.81. The predicted octanol–water partition coefficient (Wildman–Crippen LogP) is 0.184. The number of hydrogen-bond donors (Lipinski definition) is 0. The van der Waals surface area contributed by atoms with Gasteiger partial charge in [0, 0.05) is 12.4 Å². The molecule has 0 fully saturated rings. The molecule has 2 heteroatoms. The summed E-state index contributed by atoms with van der Waals surface area (Å²) in [5.74, 6) is 0. The van der Waals surface area contributed by atoms with Crippen molar-refractivity contribution in [3.05, 3.63) is 24.0 Å². The molecule has 1 aromatic rings. The van der Waals surface area contributed by atoms with Gasteiger partial charge in [0.2, 0.25) is 0 Å². The van der Waals surface area contributed by atoms with Gasteiger partial charge in [-0.25, -0.2) is 0 Å². The van der Waals surface area contributed by atoms with E-state index in [1.165, 1.54) is 5.56 Å². The van der Waals surface area contributed by atoms with E-state index in [9.17, 15) is 0 Å². The molecular formula is C6H6AlN. The first kappa shape index (κ1) is 5.81. The molecule has 0 aliphatic carbocycles. The summed E-state index contributed by atoms with van der Waals surface area (Å²) in [5.41, 5.74) is 1.21. The zero-order chi connectivity index (χ0) is 5.98. The van der Waals surface area contributed by atoms with Gasteiger partial charge in [0.05, 0.1) is 0 Å². The normalized spacial score (nSPS) is 9.12. The molecule has 0 aromatic carbocycles. The third kappa shape index (κ3) is 1.33. The van der Waals surface area contributed by atoms with E-state index in [-0.39, 0.29) is 0 Å². The molecule has 1 rings (SSSR count). The van der Waals surface area contributed by atoms with Crippen LogP contribution in [0, 0.1) is 6.92 Å². The third-order valence-electron chi connectivity index (χ3n) is 0.896. The Morgan fingerprint density at radius 1 is 1.50 bits per heavy atom. The highest BCUT2D eigenvalue weighted by Crippen LogP contribution is 1.85. The summed E-state index contributed by atoms with van der Waals surface area (Å²) in [6.07, 6.45) is 3.66. The molecule has 0 atom stereocenters. The maximum Gasteiger partial charge on any atom is 0.178 e. The van der Waals surface area contributed by atoms with Gasteiger partial charge < -0.3 is 0 Å². The number of nitrogens with zero attached hydrogens (tertiary/aromatic N) is 1. The molecule has 1 nitrogen and oxygen atoms in total. The summed E-state index contributed by atoms with van der Waals surface area (Å²) in [7, 11) is 0. The van der Waals surface area contributed by atoms with Crippen LogP contribution in [0.5, 0.6) is 0 Å². The first-order valence-corrected chi connectivity index (χ1v) is 3.04. The summed E-state index contributed by atoms with van der Waals surface area (Å²) in [5, 5.41) is 0. The monoisotopic (exact) mass is 119 g/mol. The number of rotatable bonds is 0. The molecule has 0 unspecified atom stereocenters. The predicted molar refractivity (Wildman–Crippen MR) is 34.4 cm³/mol. The van der Waals surface area contributed by atoms with Crippen molar-refractivity contribution < 1.29 is 0 Å². The van der Waals surface area contributed by atoms with Crippen molar-refractivity contribution in [3.8, 4) is 0 Å². The van der Waals surface area contributed by atoms with Crippen molar-refractivity contribution in [1.82, 2.24) is 4.98 Å². The smallest absolute Gasteiger partial charge is 0.178 e. The summed E-state index contributed by atoms with van der Waals surface area (Å²) in [6, 6.07) is 2.07. The molecule has 8 heavy (non-hydrogen) atoms. The van der Waals surface area contributed by atoms with Crippen LogP contribution < -0.4 is 4.43 Å². The van der Waals surface area contributed by atoms with Gasteiger partial charge in [-0.15, -0.1) is 4.43 Å². The molecule has 0 spiro atoms. The van der Waals surface area contributed by atoms with Gasteiger partial charge >= 0.3 is 0 Å². The van der Waals surface area contributed by atoms with Crippen molar-refractivity contribution in [1.29, 1.82) is 0 Å². The summed E-state index contributed by atoms with van der Waals surface area (Å²) in [4.78, 5) is 3.96. The fourth-order valence-corrected chi connectivity index (χ4v) is 0.927. The van der Waals surface area contributed by atoms with Crippen LogP contribution in [0.25, 0.3) is 0 Å². The summed E-state index contributed by atoms with van der Waals surface area (Å²) < 4.78 is 1.14. The van der Waals surface area contributed by atoms with Crippen molar-refractivity contribution >= 4 is 20.7 Å². The van der Waals surface area contributed by atoms with Crippen molar-refractivity contribution in [2.45, 2.75) is 6.92 Å². The minimum absolute atomic E-state index is 1.14. The molecule has 0 amide bonds. The van der Waals surface area contributed by atoms with E-state index in [4.69, 9.17) is 0 Å². The van der Waals surface area contributed by atoms with Crippen LogP contribution in [0.15, 0.2) is 18.5 Å². The highest BCUT2D eigenvalue weighted by molar-refractivity contribution is 6.32. The molecule has 0 N–H and O–H groups in total. The van der Waals surface area contributed by atoms with Gasteiger partial charge in [0.15, 0.2) is 16.3 Å². The average Bonchev–Trinajstić information content (AvgIpc) is 1.64. The minimum Gasteiger partial charge on any atom is -0.266 e. The van der Waals surface area contributed by atoms with E-state index in [1.54, 1.807) is 0 Å². The van der Waals surface area contributed by atoms with Crippen LogP contribution in [-0.2, 0) is 0 Å². The molecule has 0 saturated heterocycles. The van der Waals surface area contributed by atoms with Crippen molar-refractivity contribution in [3.63, 3.8) is 0 Å². The highest BCUT2D eigenvalue weighted by atomic mass is 27.0. The second-order valence-electron chi connectivity index (χ2n) is 1.80. The van der Waals surface area contributed by atoms with Crippen LogP contribution in [-0.4, -0.2) is 21.3 Å². The van der Waals surface area contributed by atoms with Gasteiger partial charge in [0.25, 0.3) is 0 Å². The van der Waals surface area contributed by atoms with Gasteiger partial charge in [-0.05, 0) is 12.5 Å². The van der Waals surface area contributed by atoms with Crippen LogP contribution >= 0.6 is 0 Å². The van der Waals surface area contributed by atoms with Crippen LogP contribution in [0.2, 0.25) is 0 Å². The molecular weight excluding hydrogens is 113 g/mol. The number of aromatic nitrogens is 1. The fourth-order valence-electron chi connectivity index (χ4n) is 0.578. The minimum atomic E-state index is 1.14. The summed E-state index contributed by atoms with van der Waals surface area (Å²) >= 11 is 2.60. The topological polar surface area (TPSA) is 12.9 Å². The summed E-state index contributed by atoms with van der Waals surface area (Å²) in [6.45, 7) is 2.03. The van der Waals surface area contributed by atoms with E-state index < -0.39 is 0 Å². The van der Waals surface area contributed by atoms with Crippen LogP contribution in [0.4, 0.5) is 0 Å². The number of pyridine rings is 1. The Kier molecular flexibility index (Phi) is 1.67. The SMILES string of the molecule is Cc1cnc[c]([Al])c1. The largest absolute Gasteiger partial charge is 0.266 e. The van der Waals surface area contributed by atoms with E-state index in [0.29, 0.717) is 0 Å². The third-order valence-corrected chi connectivity index (χ3v) is 1.21. The van der Waals surface area contributed by atoms with Gasteiger partial charge in [-0.3, -0.25) is 4.98 Å². The molecule has 2 radical (unpaired) electrons. The van der Waals surface area contributed by atoms with Crippen LogP contribution in [0.3, 0.4) is 0 Å². The lowest BCUT2D eigenvalue weighted by Crippen LogP contribution is -2.01. The van der Waals surface area contributed by atoms with Crippen LogP contribution in [0.1, 0.15) is 5.56 Å². The first-order valence-electron chi connectivity index (χ1n) is 2.46. The Morgan fingerprint density at radius 2 is 2.25 bits per heavy atom. The molecule has 0 bridgehead atoms. The molecule has 0 saturated carbocycles. The lowest BCUT2D eigenvalue weighted by molar-refractivity contribution is 1.29. The first-order chi connectivity index (χ1) is 3.79. The standard InChI is InChI=1S/C6H6N.Al/c1-6-3-2-4-7-5-6;/h3-5H,1H3;. The van der Waals surface area contributed by atoms with Crippen molar-refractivity contribution in [2.24, 2.45) is 0 Å². The molecule has 1 heterocycles. The molecule has 0 aliphatic heterocycles. The molecule has 38 valence electrons. The zero-order valence-electron chi connectivity index (χ0n) is 4.76. The number of hydrogen-bond acceptors (Lipinski definition) is 1. The van der Waals surface area contributed by atoms with Crippen molar-refractivity contribution in [2.75, 3.05) is 0 Å². The van der Waals surface area contributed by atoms with E-state index in [1.807, 2.05) is 19.3 Å². The molecule has 1 aromatic heterocycles. The second-order valence-corrected chi connectivity index (χ2v) is 2.46. The maximum atomic E-state index is 3.96. The van der Waals surface area contributed by atoms with E-state index in [2.05, 4.69) is 27.3 Å². The average molecular weight is 119 g/mol. The second kappa shape index (κ2) is 2.30. The quantitative estimate of drug-likeness (QED) is 0.444. The van der Waals surface area contributed by atoms with Gasteiger partial charge in [-0.1, -0.05) is 6.07 Å². The Morgan fingerprint density at radius 3 is 2.62 bits per heavy atom. The van der Waals surface area contributed by atoms with Gasteiger partial charge in [0.1, 0.15) is 0 Å². The maximum absolute atomic E-state index is 3.96. The van der Waals surface area contributed by atoms with Gasteiger partial charge in [-0.2, -0.15) is 0 Å². The lowest BCUT2D eigenvalue weighted by atomic mass is 10.3. The number of aryl methyl sites for hydroxylation is 1. The van der Waals surface area contributed by atoms with E-state index >= 15 is 0 Å². The fraction of sp³-hybridized carbons (Fsp3) is 0.167. The zero-order valence-corrected chi connectivity index (χ0v) is 5.91. The Labute approximate surface area is 57.2 Å². The lowest BCUT2D eigenvalue weighted by Gasteiger charge is -1.91. The Hall–Kier alpha value is -0.318. The Bertz CT molecular complexity index is 168. The van der Waals surface area contributed by atoms with E-state index in [0.717, 1.165) is 4.43 Å². The molecule has 0 aliphatic rings.